The third-order valence-corrected chi connectivity index (χ3v) is 4.56. The fraction of sp³-hybridized carbons (Fsp3) is 0.263. The highest BCUT2D eigenvalue weighted by atomic mass is 19.1. The predicted octanol–water partition coefficient (Wildman–Crippen LogP) is 3.95. The molecule has 2 aromatic carbocycles. The predicted molar refractivity (Wildman–Crippen MR) is 86.9 cm³/mol. The molecule has 1 heterocycles. The number of fused-ring (bicyclic) bond motifs is 1. The van der Waals surface area contributed by atoms with Crippen molar-refractivity contribution in [2.45, 2.75) is 31.8 Å². The average Bonchev–Trinajstić information content (AvgIpc) is 3.18. The molecule has 1 fully saturated rings. The van der Waals surface area contributed by atoms with Crippen LogP contribution in [0.3, 0.4) is 0 Å². The first kappa shape index (κ1) is 14.9. The lowest BCUT2D eigenvalue weighted by atomic mass is 10.1. The number of ether oxygens (including phenoxy) is 1. The lowest BCUT2D eigenvalue weighted by Gasteiger charge is -2.17. The lowest BCUT2D eigenvalue weighted by molar-refractivity contribution is 0.0926. The molecule has 2 aliphatic rings. The van der Waals surface area contributed by atoms with Crippen molar-refractivity contribution >= 4 is 17.5 Å². The Bertz CT molecular complexity index is 792. The van der Waals surface area contributed by atoms with E-state index in [1.807, 2.05) is 0 Å². The fourth-order valence-electron chi connectivity index (χ4n) is 3.33. The van der Waals surface area contributed by atoms with E-state index >= 15 is 0 Å². The zero-order chi connectivity index (χ0) is 16.7. The summed E-state index contributed by atoms with van der Waals surface area (Å²) in [6, 6.07) is 10.8. The monoisotopic (exact) mass is 325 g/mol. The summed E-state index contributed by atoms with van der Waals surface area (Å²) in [4.78, 5) is 25.9. The maximum atomic E-state index is 14.4. The van der Waals surface area contributed by atoms with Crippen molar-refractivity contribution in [1.29, 1.82) is 0 Å². The first-order valence-electron chi connectivity index (χ1n) is 8.09. The van der Waals surface area contributed by atoms with Gasteiger partial charge in [0.25, 0.3) is 11.8 Å². The number of halogens is 1. The second kappa shape index (κ2) is 5.74. The fourth-order valence-corrected chi connectivity index (χ4v) is 3.33. The van der Waals surface area contributed by atoms with Gasteiger partial charge < -0.3 is 4.74 Å². The number of imide groups is 1. The van der Waals surface area contributed by atoms with Crippen LogP contribution in [0.4, 0.5) is 10.1 Å². The minimum Gasteiger partial charge on any atom is -0.487 e. The quantitative estimate of drug-likeness (QED) is 0.803. The summed E-state index contributed by atoms with van der Waals surface area (Å²) in [6.45, 7) is 0. The van der Waals surface area contributed by atoms with Gasteiger partial charge in [-0.05, 0) is 49.9 Å². The van der Waals surface area contributed by atoms with Crippen LogP contribution in [0.1, 0.15) is 46.4 Å². The number of hydrogen-bond donors (Lipinski definition) is 0. The molecule has 0 atom stereocenters. The number of rotatable bonds is 3. The minimum absolute atomic E-state index is 0.0460. The van der Waals surface area contributed by atoms with Gasteiger partial charge in [0, 0.05) is 6.07 Å². The Morgan fingerprint density at radius 3 is 2.17 bits per heavy atom. The van der Waals surface area contributed by atoms with Crippen molar-refractivity contribution < 1.29 is 18.7 Å². The SMILES string of the molecule is O=C1c2ccccc2C(=O)N1c1ccc(OC2CCCC2)c(F)c1. The Morgan fingerprint density at radius 1 is 0.958 bits per heavy atom. The van der Waals surface area contributed by atoms with Crippen molar-refractivity contribution in [2.24, 2.45) is 0 Å². The maximum Gasteiger partial charge on any atom is 0.266 e. The van der Waals surface area contributed by atoms with Gasteiger partial charge in [-0.15, -0.1) is 0 Å². The van der Waals surface area contributed by atoms with E-state index in [4.69, 9.17) is 4.74 Å². The molecule has 2 amide bonds. The van der Waals surface area contributed by atoms with Crippen LogP contribution < -0.4 is 9.64 Å². The summed E-state index contributed by atoms with van der Waals surface area (Å²) in [5, 5.41) is 0. The van der Waals surface area contributed by atoms with Gasteiger partial charge in [0.05, 0.1) is 22.9 Å². The topological polar surface area (TPSA) is 46.6 Å². The number of benzene rings is 2. The van der Waals surface area contributed by atoms with Gasteiger partial charge in [-0.2, -0.15) is 0 Å². The van der Waals surface area contributed by atoms with Crippen LogP contribution in [0.5, 0.6) is 5.75 Å². The molecule has 0 unspecified atom stereocenters. The molecular weight excluding hydrogens is 309 g/mol. The van der Waals surface area contributed by atoms with Crippen molar-refractivity contribution in [3.05, 3.63) is 59.4 Å². The molecule has 0 radical (unpaired) electrons. The number of carbonyl (C=O) groups excluding carboxylic acids is 2. The molecule has 0 bridgehead atoms. The highest BCUT2D eigenvalue weighted by Gasteiger charge is 2.36. The van der Waals surface area contributed by atoms with Crippen LogP contribution in [0.25, 0.3) is 0 Å². The van der Waals surface area contributed by atoms with Crippen molar-refractivity contribution in [2.75, 3.05) is 4.90 Å². The summed E-state index contributed by atoms with van der Waals surface area (Å²) in [6.07, 6.45) is 4.10. The van der Waals surface area contributed by atoms with E-state index in [9.17, 15) is 14.0 Å². The molecule has 1 aliphatic heterocycles. The number of nitrogens with zero attached hydrogens (tertiary/aromatic N) is 1. The smallest absolute Gasteiger partial charge is 0.266 e. The molecule has 1 aliphatic carbocycles. The molecular formula is C19H16FNO3. The molecule has 0 spiro atoms. The molecule has 0 saturated heterocycles. The summed E-state index contributed by atoms with van der Waals surface area (Å²) in [7, 11) is 0. The third kappa shape index (κ3) is 2.37. The number of amides is 2. The van der Waals surface area contributed by atoms with E-state index in [0.717, 1.165) is 30.6 Å². The Balaban J connectivity index is 1.62. The summed E-state index contributed by atoms with van der Waals surface area (Å²) < 4.78 is 20.0. The minimum atomic E-state index is -0.559. The second-order valence-corrected chi connectivity index (χ2v) is 6.13. The van der Waals surface area contributed by atoms with Crippen molar-refractivity contribution in [3.8, 4) is 5.75 Å². The molecule has 24 heavy (non-hydrogen) atoms. The number of hydrogen-bond acceptors (Lipinski definition) is 3. The summed E-state index contributed by atoms with van der Waals surface area (Å²) >= 11 is 0. The van der Waals surface area contributed by atoms with Crippen molar-refractivity contribution in [3.63, 3.8) is 0 Å². The number of anilines is 1. The van der Waals surface area contributed by atoms with Gasteiger partial charge in [-0.25, -0.2) is 9.29 Å². The first-order valence-corrected chi connectivity index (χ1v) is 8.09. The highest BCUT2D eigenvalue weighted by Crippen LogP contribution is 2.32. The zero-order valence-corrected chi connectivity index (χ0v) is 13.0. The van der Waals surface area contributed by atoms with Crippen LogP contribution in [-0.4, -0.2) is 17.9 Å². The Kier molecular flexibility index (Phi) is 3.56. The van der Waals surface area contributed by atoms with Crippen LogP contribution in [0.2, 0.25) is 0 Å². The lowest BCUT2D eigenvalue weighted by Crippen LogP contribution is -2.29. The Morgan fingerprint density at radius 2 is 1.58 bits per heavy atom. The van der Waals surface area contributed by atoms with E-state index in [-0.39, 0.29) is 17.5 Å². The standard InChI is InChI=1S/C19H16FNO3/c20-16-11-12(9-10-17(16)24-13-5-1-2-6-13)21-18(22)14-7-3-4-8-15(14)19(21)23/h3-4,7-11,13H,1-2,5-6H2. The Hall–Kier alpha value is -2.69. The normalized spacial score (nSPS) is 17.5. The first-order chi connectivity index (χ1) is 11.6. The highest BCUT2D eigenvalue weighted by molar-refractivity contribution is 6.34. The largest absolute Gasteiger partial charge is 0.487 e. The van der Waals surface area contributed by atoms with E-state index in [0.29, 0.717) is 11.1 Å². The molecule has 0 N–H and O–H groups in total. The zero-order valence-electron chi connectivity index (χ0n) is 13.0. The second-order valence-electron chi connectivity index (χ2n) is 6.13. The van der Waals surface area contributed by atoms with Gasteiger partial charge in [-0.3, -0.25) is 9.59 Å². The van der Waals surface area contributed by atoms with Crippen LogP contribution in [0.15, 0.2) is 42.5 Å². The molecule has 1 saturated carbocycles. The summed E-state index contributed by atoms with van der Waals surface area (Å²) in [5.41, 5.74) is 0.904. The number of carbonyl (C=O) groups is 2. The van der Waals surface area contributed by atoms with Crippen LogP contribution in [-0.2, 0) is 0 Å². The third-order valence-electron chi connectivity index (χ3n) is 4.56. The molecule has 0 aromatic heterocycles. The molecule has 5 heteroatoms. The van der Waals surface area contributed by atoms with Crippen molar-refractivity contribution in [1.82, 2.24) is 0 Å². The van der Waals surface area contributed by atoms with Gasteiger partial charge >= 0.3 is 0 Å². The van der Waals surface area contributed by atoms with Crippen LogP contribution in [0, 0.1) is 5.82 Å². The van der Waals surface area contributed by atoms with E-state index in [1.165, 1.54) is 12.1 Å². The van der Waals surface area contributed by atoms with E-state index in [1.54, 1.807) is 30.3 Å². The maximum absolute atomic E-state index is 14.4. The molecule has 122 valence electrons. The molecule has 4 rings (SSSR count). The van der Waals surface area contributed by atoms with Gasteiger partial charge in [-0.1, -0.05) is 12.1 Å². The van der Waals surface area contributed by atoms with Crippen LogP contribution >= 0.6 is 0 Å². The van der Waals surface area contributed by atoms with Gasteiger partial charge in [0.1, 0.15) is 0 Å². The summed E-state index contributed by atoms with van der Waals surface area (Å²) in [5.74, 6) is -1.25. The molecule has 4 nitrogen and oxygen atoms in total. The van der Waals surface area contributed by atoms with Gasteiger partial charge in [0.2, 0.25) is 0 Å². The van der Waals surface area contributed by atoms with E-state index in [2.05, 4.69) is 0 Å². The molecule has 2 aromatic rings. The average molecular weight is 325 g/mol. The van der Waals surface area contributed by atoms with E-state index < -0.39 is 17.6 Å². The van der Waals surface area contributed by atoms with Gasteiger partial charge in [0.15, 0.2) is 11.6 Å². The Labute approximate surface area is 138 Å².